The Balaban J connectivity index is 2.32. The Morgan fingerprint density at radius 3 is 2.53 bits per heavy atom. The van der Waals surface area contributed by atoms with Crippen molar-refractivity contribution in [1.29, 1.82) is 0 Å². The lowest BCUT2D eigenvalue weighted by atomic mass is 9.89. The van der Waals surface area contributed by atoms with E-state index in [-0.39, 0.29) is 12.0 Å². The van der Waals surface area contributed by atoms with E-state index in [0.29, 0.717) is 19.3 Å². The second-order valence-corrected chi connectivity index (χ2v) is 5.47. The van der Waals surface area contributed by atoms with E-state index in [4.69, 9.17) is 9.47 Å². The van der Waals surface area contributed by atoms with Gasteiger partial charge in [-0.3, -0.25) is 4.79 Å². The van der Waals surface area contributed by atoms with E-state index in [0.717, 1.165) is 31.7 Å². The van der Waals surface area contributed by atoms with E-state index in [1.165, 1.54) is 12.8 Å². The lowest BCUT2D eigenvalue weighted by Crippen LogP contribution is -2.43. The molecule has 0 bridgehead atoms. The van der Waals surface area contributed by atoms with E-state index in [1.807, 2.05) is 6.92 Å². The average Bonchev–Trinajstić information content (AvgIpc) is 2.41. The van der Waals surface area contributed by atoms with Gasteiger partial charge in [-0.15, -0.1) is 0 Å². The molecule has 0 aromatic rings. The fourth-order valence-corrected chi connectivity index (χ4v) is 2.40. The number of carbonyl (C=O) groups excluding carboxylic acids is 1. The van der Waals surface area contributed by atoms with Gasteiger partial charge in [-0.25, -0.2) is 0 Å². The molecule has 1 rings (SSSR count). The first-order chi connectivity index (χ1) is 9.17. The Labute approximate surface area is 117 Å². The second kappa shape index (κ2) is 9.32. The van der Waals surface area contributed by atoms with Crippen LogP contribution < -0.4 is 5.32 Å². The van der Waals surface area contributed by atoms with Gasteiger partial charge >= 0.3 is 5.97 Å². The van der Waals surface area contributed by atoms with Crippen molar-refractivity contribution in [3.8, 4) is 0 Å². The lowest BCUT2D eigenvalue weighted by molar-refractivity contribution is -0.148. The quantitative estimate of drug-likeness (QED) is 0.689. The zero-order valence-electron chi connectivity index (χ0n) is 12.6. The molecular formula is C15H29NO3. The molecule has 0 amide bonds. The molecule has 0 radical (unpaired) electrons. The number of nitrogens with one attached hydrogen (secondary N) is 1. The van der Waals surface area contributed by atoms with Crippen LogP contribution in [0.1, 0.15) is 52.9 Å². The van der Waals surface area contributed by atoms with Gasteiger partial charge in [0.15, 0.2) is 0 Å². The topological polar surface area (TPSA) is 47.6 Å². The van der Waals surface area contributed by atoms with E-state index >= 15 is 0 Å². The molecule has 0 saturated heterocycles. The highest BCUT2D eigenvalue weighted by Crippen LogP contribution is 2.25. The van der Waals surface area contributed by atoms with Gasteiger partial charge in [0.05, 0.1) is 19.3 Å². The van der Waals surface area contributed by atoms with Crippen LogP contribution in [0.25, 0.3) is 0 Å². The normalized spacial score (nSPS) is 25.0. The average molecular weight is 271 g/mol. The smallest absolute Gasteiger partial charge is 0.325 e. The molecule has 1 atom stereocenters. The maximum atomic E-state index is 11.8. The van der Waals surface area contributed by atoms with Crippen LogP contribution >= 0.6 is 0 Å². The third-order valence-electron chi connectivity index (χ3n) is 3.67. The lowest BCUT2D eigenvalue weighted by Gasteiger charge is -2.27. The van der Waals surface area contributed by atoms with Crippen molar-refractivity contribution in [2.24, 2.45) is 5.92 Å². The van der Waals surface area contributed by atoms with Crippen molar-refractivity contribution in [3.05, 3.63) is 0 Å². The van der Waals surface area contributed by atoms with Crippen LogP contribution in [0.3, 0.4) is 0 Å². The highest BCUT2D eigenvalue weighted by atomic mass is 16.5. The first-order valence-electron chi connectivity index (χ1n) is 7.69. The maximum absolute atomic E-state index is 11.8. The Morgan fingerprint density at radius 1 is 1.26 bits per heavy atom. The van der Waals surface area contributed by atoms with Crippen molar-refractivity contribution in [2.75, 3.05) is 19.8 Å². The SMILES string of the molecule is CCCNC(COC1CCC(C)CC1)C(=O)OCC. The minimum absolute atomic E-state index is 0.194. The minimum atomic E-state index is -0.320. The van der Waals surface area contributed by atoms with Crippen LogP contribution in [0.5, 0.6) is 0 Å². The third kappa shape index (κ3) is 6.39. The summed E-state index contributed by atoms with van der Waals surface area (Å²) in [6.07, 6.45) is 6.01. The maximum Gasteiger partial charge on any atom is 0.325 e. The molecule has 4 nitrogen and oxygen atoms in total. The van der Waals surface area contributed by atoms with Crippen LogP contribution in [0.15, 0.2) is 0 Å². The Hall–Kier alpha value is -0.610. The van der Waals surface area contributed by atoms with Crippen LogP contribution in [-0.2, 0) is 14.3 Å². The highest BCUT2D eigenvalue weighted by molar-refractivity contribution is 5.75. The van der Waals surface area contributed by atoms with Crippen molar-refractivity contribution in [1.82, 2.24) is 5.32 Å². The molecule has 112 valence electrons. The Kier molecular flexibility index (Phi) is 8.07. The first-order valence-corrected chi connectivity index (χ1v) is 7.69. The monoisotopic (exact) mass is 271 g/mol. The molecule has 4 heteroatoms. The van der Waals surface area contributed by atoms with Gasteiger partial charge in [-0.2, -0.15) is 0 Å². The molecule has 1 aliphatic rings. The van der Waals surface area contributed by atoms with E-state index in [9.17, 15) is 4.79 Å². The van der Waals surface area contributed by atoms with Crippen molar-refractivity contribution >= 4 is 5.97 Å². The third-order valence-corrected chi connectivity index (χ3v) is 3.67. The number of hydrogen-bond donors (Lipinski definition) is 1. The predicted molar refractivity (Wildman–Crippen MR) is 76.1 cm³/mol. The van der Waals surface area contributed by atoms with E-state index in [1.54, 1.807) is 0 Å². The molecule has 0 aromatic heterocycles. The molecule has 1 unspecified atom stereocenters. The van der Waals surface area contributed by atoms with Gasteiger partial charge in [0.1, 0.15) is 6.04 Å². The number of rotatable bonds is 8. The Morgan fingerprint density at radius 2 is 1.95 bits per heavy atom. The summed E-state index contributed by atoms with van der Waals surface area (Å²) in [6, 6.07) is -0.320. The molecule has 1 saturated carbocycles. The van der Waals surface area contributed by atoms with Gasteiger partial charge in [0.25, 0.3) is 0 Å². The van der Waals surface area contributed by atoms with Crippen LogP contribution in [0, 0.1) is 5.92 Å². The fourth-order valence-electron chi connectivity index (χ4n) is 2.40. The molecule has 0 aliphatic heterocycles. The summed E-state index contributed by atoms with van der Waals surface area (Å²) < 4.78 is 11.0. The standard InChI is InChI=1S/C15H29NO3/c1-4-10-16-14(15(17)18-5-2)11-19-13-8-6-12(3)7-9-13/h12-14,16H,4-11H2,1-3H3. The van der Waals surface area contributed by atoms with E-state index < -0.39 is 0 Å². The zero-order chi connectivity index (χ0) is 14.1. The zero-order valence-corrected chi connectivity index (χ0v) is 12.6. The van der Waals surface area contributed by atoms with Gasteiger partial charge in [-0.05, 0) is 51.5 Å². The summed E-state index contributed by atoms with van der Waals surface area (Å²) in [4.78, 5) is 11.8. The van der Waals surface area contributed by atoms with Crippen molar-refractivity contribution in [2.45, 2.75) is 65.0 Å². The largest absolute Gasteiger partial charge is 0.465 e. The second-order valence-electron chi connectivity index (χ2n) is 5.47. The molecule has 1 fully saturated rings. The van der Waals surface area contributed by atoms with Crippen LogP contribution in [0.2, 0.25) is 0 Å². The molecule has 0 aromatic carbocycles. The van der Waals surface area contributed by atoms with Crippen molar-refractivity contribution < 1.29 is 14.3 Å². The van der Waals surface area contributed by atoms with Gasteiger partial charge in [0, 0.05) is 0 Å². The number of carbonyl (C=O) groups is 1. The summed E-state index contributed by atoms with van der Waals surface area (Å²) in [5.74, 6) is 0.624. The summed E-state index contributed by atoms with van der Waals surface area (Å²) in [7, 11) is 0. The van der Waals surface area contributed by atoms with Crippen LogP contribution in [-0.4, -0.2) is 37.9 Å². The molecule has 1 N–H and O–H groups in total. The van der Waals surface area contributed by atoms with Crippen molar-refractivity contribution in [3.63, 3.8) is 0 Å². The summed E-state index contributed by atoms with van der Waals surface area (Å²) in [6.45, 7) is 7.87. The Bertz CT molecular complexity index is 250. The van der Waals surface area contributed by atoms with Gasteiger partial charge in [0.2, 0.25) is 0 Å². The minimum Gasteiger partial charge on any atom is -0.465 e. The first kappa shape index (κ1) is 16.4. The van der Waals surface area contributed by atoms with Gasteiger partial charge in [-0.1, -0.05) is 13.8 Å². The molecule has 1 aliphatic carbocycles. The number of hydrogen-bond acceptors (Lipinski definition) is 4. The summed E-state index contributed by atoms with van der Waals surface area (Å²) in [5, 5.41) is 3.20. The summed E-state index contributed by atoms with van der Waals surface area (Å²) >= 11 is 0. The van der Waals surface area contributed by atoms with Crippen LogP contribution in [0.4, 0.5) is 0 Å². The van der Waals surface area contributed by atoms with Gasteiger partial charge < -0.3 is 14.8 Å². The summed E-state index contributed by atoms with van der Waals surface area (Å²) in [5.41, 5.74) is 0. The molecular weight excluding hydrogens is 242 g/mol. The molecule has 0 spiro atoms. The number of ether oxygens (including phenoxy) is 2. The van der Waals surface area contributed by atoms with E-state index in [2.05, 4.69) is 19.2 Å². The molecule has 0 heterocycles. The molecule has 19 heavy (non-hydrogen) atoms. The predicted octanol–water partition coefficient (Wildman–Crippen LogP) is 2.51. The fraction of sp³-hybridized carbons (Fsp3) is 0.933. The highest BCUT2D eigenvalue weighted by Gasteiger charge is 2.23. The number of esters is 1.